The maximum atomic E-state index is 13.0. The lowest BCUT2D eigenvalue weighted by atomic mass is 10.1. The molecule has 1 aromatic rings. The Kier molecular flexibility index (Phi) is 7.65. The molecule has 2 N–H and O–H groups in total. The quantitative estimate of drug-likeness (QED) is 0.711. The van der Waals surface area contributed by atoms with Crippen molar-refractivity contribution in [2.24, 2.45) is 0 Å². The first-order valence-electron chi connectivity index (χ1n) is 8.31. The first-order valence-corrected chi connectivity index (χ1v) is 8.31. The molecule has 9 heteroatoms. The number of benzene rings is 1. The monoisotopic (exact) mass is 391 g/mol. The highest BCUT2D eigenvalue weighted by molar-refractivity contribution is 5.86. The Balaban J connectivity index is 2.74. The number of aliphatic carboxylic acids is 1. The third-order valence-electron chi connectivity index (χ3n) is 3.42. The van der Waals surface area contributed by atoms with Crippen LogP contribution in [0.1, 0.15) is 39.7 Å². The van der Waals surface area contributed by atoms with Crippen LogP contribution in [-0.4, -0.2) is 41.3 Å². The zero-order valence-electron chi connectivity index (χ0n) is 15.6. The number of carbonyl (C=O) groups excluding carboxylic acids is 1. The van der Waals surface area contributed by atoms with Gasteiger partial charge in [-0.3, -0.25) is 4.79 Å². The van der Waals surface area contributed by atoms with E-state index < -0.39 is 47.1 Å². The number of alkyl halides is 3. The van der Waals surface area contributed by atoms with Gasteiger partial charge in [0.25, 0.3) is 5.91 Å². The van der Waals surface area contributed by atoms with E-state index in [1.54, 1.807) is 20.8 Å². The smallest absolute Gasteiger partial charge is 0.419 e. The van der Waals surface area contributed by atoms with E-state index in [1.807, 2.05) is 0 Å². The Morgan fingerprint density at radius 1 is 1.19 bits per heavy atom. The third-order valence-corrected chi connectivity index (χ3v) is 3.42. The molecular weight excluding hydrogens is 367 g/mol. The minimum absolute atomic E-state index is 0.00417. The van der Waals surface area contributed by atoms with Crippen LogP contribution in [0.15, 0.2) is 24.3 Å². The van der Waals surface area contributed by atoms with Crippen LogP contribution < -0.4 is 10.1 Å². The van der Waals surface area contributed by atoms with Crippen molar-refractivity contribution in [1.29, 1.82) is 0 Å². The summed E-state index contributed by atoms with van der Waals surface area (Å²) in [4.78, 5) is 23.5. The number of ether oxygens (including phenoxy) is 2. The van der Waals surface area contributed by atoms with E-state index >= 15 is 0 Å². The molecule has 6 nitrogen and oxygen atoms in total. The van der Waals surface area contributed by atoms with E-state index in [2.05, 4.69) is 5.32 Å². The lowest BCUT2D eigenvalue weighted by molar-refractivity contribution is -0.144. The molecular formula is C18H24F3NO5. The first-order chi connectivity index (χ1) is 12.3. The minimum atomic E-state index is -4.64. The molecule has 27 heavy (non-hydrogen) atoms. The maximum absolute atomic E-state index is 13.0. The van der Waals surface area contributed by atoms with Crippen LogP contribution in [-0.2, 0) is 20.5 Å². The Labute approximate surface area is 155 Å². The second-order valence-corrected chi connectivity index (χ2v) is 6.90. The van der Waals surface area contributed by atoms with Crippen LogP contribution in [0.2, 0.25) is 0 Å². The number of para-hydroxylation sites is 1. The molecule has 2 atom stereocenters. The summed E-state index contributed by atoms with van der Waals surface area (Å²) in [5.41, 5.74) is -1.48. The zero-order chi connectivity index (χ0) is 20.8. The van der Waals surface area contributed by atoms with E-state index in [1.165, 1.54) is 19.1 Å². The molecule has 0 aliphatic heterocycles. The summed E-state index contributed by atoms with van der Waals surface area (Å²) >= 11 is 0. The lowest BCUT2D eigenvalue weighted by Gasteiger charge is -2.23. The fraction of sp³-hybridized carbons (Fsp3) is 0.556. The van der Waals surface area contributed by atoms with Crippen molar-refractivity contribution in [3.05, 3.63) is 29.8 Å². The van der Waals surface area contributed by atoms with Gasteiger partial charge in [-0.05, 0) is 39.8 Å². The van der Waals surface area contributed by atoms with Crippen LogP contribution >= 0.6 is 0 Å². The molecule has 0 fully saturated rings. The Morgan fingerprint density at radius 3 is 2.30 bits per heavy atom. The molecule has 0 aliphatic rings. The van der Waals surface area contributed by atoms with Crippen molar-refractivity contribution in [3.63, 3.8) is 0 Å². The van der Waals surface area contributed by atoms with Gasteiger partial charge in [0, 0.05) is 13.0 Å². The van der Waals surface area contributed by atoms with Gasteiger partial charge in [0.1, 0.15) is 11.8 Å². The van der Waals surface area contributed by atoms with Gasteiger partial charge in [-0.25, -0.2) is 4.79 Å². The highest BCUT2D eigenvalue weighted by atomic mass is 19.4. The van der Waals surface area contributed by atoms with Gasteiger partial charge in [0.2, 0.25) is 0 Å². The summed E-state index contributed by atoms with van der Waals surface area (Å²) in [6, 6.07) is 3.24. The molecule has 0 heterocycles. The van der Waals surface area contributed by atoms with Crippen molar-refractivity contribution in [1.82, 2.24) is 5.32 Å². The number of halogens is 3. The van der Waals surface area contributed by atoms with Crippen molar-refractivity contribution in [2.75, 3.05) is 6.61 Å². The molecule has 0 aliphatic carbocycles. The van der Waals surface area contributed by atoms with Crippen molar-refractivity contribution in [3.8, 4) is 5.75 Å². The number of carboxylic acid groups (broad SMARTS) is 1. The first kappa shape index (κ1) is 22.8. The van der Waals surface area contributed by atoms with Crippen LogP contribution in [0, 0.1) is 0 Å². The average molecular weight is 391 g/mol. The van der Waals surface area contributed by atoms with Crippen LogP contribution in [0.3, 0.4) is 0 Å². The number of amides is 1. The average Bonchev–Trinajstić information content (AvgIpc) is 2.51. The summed E-state index contributed by atoms with van der Waals surface area (Å²) < 4.78 is 49.5. The molecule has 0 aromatic heterocycles. The summed E-state index contributed by atoms with van der Waals surface area (Å²) in [6.07, 6.45) is -5.95. The second kappa shape index (κ2) is 9.07. The van der Waals surface area contributed by atoms with E-state index in [9.17, 15) is 27.9 Å². The van der Waals surface area contributed by atoms with E-state index in [4.69, 9.17) is 9.47 Å². The SMILES string of the molecule is CC(Oc1ccccc1C(F)(F)F)C(=O)NC(CCOC(C)(C)C)C(=O)O. The van der Waals surface area contributed by atoms with Gasteiger partial charge in [-0.2, -0.15) is 13.2 Å². The highest BCUT2D eigenvalue weighted by Gasteiger charge is 2.35. The Hall–Kier alpha value is -2.29. The Bertz CT molecular complexity index is 655. The summed E-state index contributed by atoms with van der Waals surface area (Å²) in [7, 11) is 0. The third kappa shape index (κ3) is 7.86. The standard InChI is InChI=1S/C18H24F3NO5/c1-11(27-14-8-6-5-7-12(14)18(19,20)21)15(23)22-13(16(24)25)9-10-26-17(2,3)4/h5-8,11,13H,9-10H2,1-4H3,(H,22,23)(H,24,25). The second-order valence-electron chi connectivity index (χ2n) is 6.90. The topological polar surface area (TPSA) is 84.9 Å². The van der Waals surface area contributed by atoms with Crippen molar-refractivity contribution in [2.45, 2.75) is 58.0 Å². The normalized spacial score (nSPS) is 14.3. The van der Waals surface area contributed by atoms with Gasteiger partial charge in [0.05, 0.1) is 11.2 Å². The molecule has 1 rings (SSSR count). The number of carbonyl (C=O) groups is 2. The van der Waals surface area contributed by atoms with Crippen molar-refractivity contribution >= 4 is 11.9 Å². The molecule has 2 unspecified atom stereocenters. The number of carboxylic acids is 1. The van der Waals surface area contributed by atoms with E-state index in [-0.39, 0.29) is 13.0 Å². The fourth-order valence-electron chi connectivity index (χ4n) is 2.08. The highest BCUT2D eigenvalue weighted by Crippen LogP contribution is 2.36. The zero-order valence-corrected chi connectivity index (χ0v) is 15.6. The van der Waals surface area contributed by atoms with Gasteiger partial charge in [-0.1, -0.05) is 12.1 Å². The molecule has 0 saturated carbocycles. The molecule has 0 radical (unpaired) electrons. The molecule has 0 saturated heterocycles. The van der Waals surface area contributed by atoms with Crippen molar-refractivity contribution < 1.29 is 37.3 Å². The summed E-state index contributed by atoms with van der Waals surface area (Å²) in [5.74, 6) is -2.62. The predicted octanol–water partition coefficient (Wildman–Crippen LogP) is 3.25. The number of hydrogen-bond acceptors (Lipinski definition) is 4. The number of hydrogen-bond donors (Lipinski definition) is 2. The summed E-state index contributed by atoms with van der Waals surface area (Å²) in [5, 5.41) is 11.5. The van der Waals surface area contributed by atoms with E-state index in [0.717, 1.165) is 12.1 Å². The fourth-order valence-corrected chi connectivity index (χ4v) is 2.08. The number of nitrogens with one attached hydrogen (secondary N) is 1. The van der Waals surface area contributed by atoms with Gasteiger partial charge in [0.15, 0.2) is 6.10 Å². The predicted molar refractivity (Wildman–Crippen MR) is 91.4 cm³/mol. The number of rotatable bonds is 8. The molecule has 152 valence electrons. The molecule has 0 bridgehead atoms. The lowest BCUT2D eigenvalue weighted by Crippen LogP contribution is -2.47. The molecule has 1 amide bonds. The van der Waals surface area contributed by atoms with Crippen LogP contribution in [0.4, 0.5) is 13.2 Å². The van der Waals surface area contributed by atoms with Gasteiger partial charge >= 0.3 is 12.1 Å². The van der Waals surface area contributed by atoms with Gasteiger partial charge < -0.3 is 19.9 Å². The summed E-state index contributed by atoms with van der Waals surface area (Å²) in [6.45, 7) is 6.74. The van der Waals surface area contributed by atoms with Gasteiger partial charge in [-0.15, -0.1) is 0 Å². The van der Waals surface area contributed by atoms with E-state index in [0.29, 0.717) is 0 Å². The largest absolute Gasteiger partial charge is 0.480 e. The van der Waals surface area contributed by atoms with Crippen LogP contribution in [0.25, 0.3) is 0 Å². The minimum Gasteiger partial charge on any atom is -0.480 e. The molecule has 1 aromatic carbocycles. The van der Waals surface area contributed by atoms with Crippen LogP contribution in [0.5, 0.6) is 5.75 Å². The maximum Gasteiger partial charge on any atom is 0.419 e. The Morgan fingerprint density at radius 2 is 1.78 bits per heavy atom. The molecule has 0 spiro atoms.